The molecule has 4 rings (SSSR count). The second kappa shape index (κ2) is 5.42. The zero-order chi connectivity index (χ0) is 16.0. The number of nitrogens with zero attached hydrogens (tertiary/aromatic N) is 6. The molecular weight excluding hydrogens is 292 g/mol. The van der Waals surface area contributed by atoms with Crippen molar-refractivity contribution in [3.05, 3.63) is 18.2 Å². The Hall–Kier alpha value is -1.73. The summed E-state index contributed by atoms with van der Waals surface area (Å²) >= 11 is 0. The van der Waals surface area contributed by atoms with Crippen LogP contribution < -0.4 is 4.90 Å². The quantitative estimate of drug-likeness (QED) is 0.829. The van der Waals surface area contributed by atoms with Gasteiger partial charge in [-0.25, -0.2) is 4.98 Å². The van der Waals surface area contributed by atoms with Crippen LogP contribution in [-0.4, -0.2) is 69.9 Å². The molecule has 23 heavy (non-hydrogen) atoms. The summed E-state index contributed by atoms with van der Waals surface area (Å²) in [4.78, 5) is 9.42. The molecule has 2 fully saturated rings. The first-order valence-electron chi connectivity index (χ1n) is 8.34. The molecule has 2 aliphatic rings. The Kier molecular flexibility index (Phi) is 3.50. The maximum absolute atomic E-state index is 5.69. The average molecular weight is 316 g/mol. The van der Waals surface area contributed by atoms with E-state index < -0.39 is 0 Å². The fraction of sp³-hybridized carbons (Fsp3) is 0.688. The predicted molar refractivity (Wildman–Crippen MR) is 87.9 cm³/mol. The molecule has 7 heteroatoms. The monoisotopic (exact) mass is 316 g/mol. The van der Waals surface area contributed by atoms with Crippen LogP contribution >= 0.6 is 0 Å². The Morgan fingerprint density at radius 3 is 2.87 bits per heavy atom. The molecule has 2 aromatic heterocycles. The van der Waals surface area contributed by atoms with E-state index in [9.17, 15) is 0 Å². The molecule has 2 aromatic rings. The van der Waals surface area contributed by atoms with E-state index in [0.29, 0.717) is 5.92 Å². The number of likely N-dealkylation sites (N-methyl/N-ethyl adjacent to an activating group) is 1. The van der Waals surface area contributed by atoms with Crippen LogP contribution in [0.2, 0.25) is 0 Å². The van der Waals surface area contributed by atoms with E-state index in [0.717, 1.165) is 56.6 Å². The number of hydrogen-bond acceptors (Lipinski definition) is 6. The molecule has 0 saturated carbocycles. The molecular formula is C16H24N6O. The third kappa shape index (κ3) is 2.30. The van der Waals surface area contributed by atoms with Crippen LogP contribution in [0.25, 0.3) is 5.65 Å². The van der Waals surface area contributed by atoms with Crippen LogP contribution in [0.15, 0.2) is 12.4 Å². The Morgan fingerprint density at radius 2 is 2.13 bits per heavy atom. The SMILES string of the molecule is CC(C)c1nnc2c(N3CCN(C)C4(CCOC4)C3)nccn12. The predicted octanol–water partition coefficient (Wildman–Crippen LogP) is 1.16. The summed E-state index contributed by atoms with van der Waals surface area (Å²) in [6, 6.07) is 0. The molecule has 0 bridgehead atoms. The van der Waals surface area contributed by atoms with Crippen LogP contribution in [-0.2, 0) is 4.74 Å². The van der Waals surface area contributed by atoms with Gasteiger partial charge < -0.3 is 9.64 Å². The van der Waals surface area contributed by atoms with Crippen LogP contribution in [0.3, 0.4) is 0 Å². The Labute approximate surface area is 136 Å². The van der Waals surface area contributed by atoms with Gasteiger partial charge in [0.25, 0.3) is 0 Å². The number of aromatic nitrogens is 4. The van der Waals surface area contributed by atoms with Crippen molar-refractivity contribution in [2.24, 2.45) is 0 Å². The number of piperazine rings is 1. The van der Waals surface area contributed by atoms with Crippen molar-refractivity contribution in [1.29, 1.82) is 0 Å². The largest absolute Gasteiger partial charge is 0.379 e. The molecule has 124 valence electrons. The van der Waals surface area contributed by atoms with Crippen molar-refractivity contribution >= 4 is 11.5 Å². The lowest BCUT2D eigenvalue weighted by atomic mass is 9.93. The van der Waals surface area contributed by atoms with E-state index in [-0.39, 0.29) is 5.54 Å². The Balaban J connectivity index is 1.72. The van der Waals surface area contributed by atoms with E-state index in [1.165, 1.54) is 0 Å². The van der Waals surface area contributed by atoms with Gasteiger partial charge in [-0.05, 0) is 13.5 Å². The fourth-order valence-corrected chi connectivity index (χ4v) is 3.71. The second-order valence-electron chi connectivity index (χ2n) is 7.03. The van der Waals surface area contributed by atoms with Crippen LogP contribution in [0.5, 0.6) is 0 Å². The minimum absolute atomic E-state index is 0.105. The maximum atomic E-state index is 5.69. The smallest absolute Gasteiger partial charge is 0.203 e. The third-order valence-corrected chi connectivity index (χ3v) is 5.23. The second-order valence-corrected chi connectivity index (χ2v) is 7.03. The molecule has 2 aliphatic heterocycles. The zero-order valence-corrected chi connectivity index (χ0v) is 14.1. The Bertz CT molecular complexity index is 706. The van der Waals surface area contributed by atoms with Crippen LogP contribution in [0.1, 0.15) is 32.0 Å². The number of anilines is 1. The van der Waals surface area contributed by atoms with Crippen molar-refractivity contribution in [3.63, 3.8) is 0 Å². The highest BCUT2D eigenvalue weighted by atomic mass is 16.5. The van der Waals surface area contributed by atoms with Gasteiger partial charge in [0, 0.05) is 44.6 Å². The average Bonchev–Trinajstić information content (AvgIpc) is 3.17. The summed E-state index contributed by atoms with van der Waals surface area (Å²) in [6.07, 6.45) is 4.89. The summed E-state index contributed by atoms with van der Waals surface area (Å²) in [7, 11) is 2.20. The first-order valence-corrected chi connectivity index (χ1v) is 8.34. The number of hydrogen-bond donors (Lipinski definition) is 0. The molecule has 0 amide bonds. The van der Waals surface area contributed by atoms with Gasteiger partial charge in [0.05, 0.1) is 12.1 Å². The number of fused-ring (bicyclic) bond motifs is 1. The van der Waals surface area contributed by atoms with Crippen molar-refractivity contribution in [1.82, 2.24) is 24.5 Å². The van der Waals surface area contributed by atoms with Gasteiger partial charge in [0.1, 0.15) is 5.82 Å². The summed E-state index contributed by atoms with van der Waals surface area (Å²) in [5.41, 5.74) is 0.961. The van der Waals surface area contributed by atoms with Gasteiger partial charge in [-0.3, -0.25) is 9.30 Å². The third-order valence-electron chi connectivity index (χ3n) is 5.23. The molecule has 4 heterocycles. The van der Waals surface area contributed by atoms with Crippen molar-refractivity contribution in [2.75, 3.05) is 44.8 Å². The van der Waals surface area contributed by atoms with Gasteiger partial charge in [-0.15, -0.1) is 10.2 Å². The summed E-state index contributed by atoms with van der Waals surface area (Å²) < 4.78 is 7.77. The van der Waals surface area contributed by atoms with E-state index >= 15 is 0 Å². The van der Waals surface area contributed by atoms with Gasteiger partial charge >= 0.3 is 0 Å². The van der Waals surface area contributed by atoms with E-state index in [1.807, 2.05) is 12.4 Å². The van der Waals surface area contributed by atoms with E-state index in [2.05, 4.69) is 50.3 Å². The fourth-order valence-electron chi connectivity index (χ4n) is 3.71. The highest BCUT2D eigenvalue weighted by molar-refractivity contribution is 5.64. The minimum Gasteiger partial charge on any atom is -0.379 e. The van der Waals surface area contributed by atoms with Gasteiger partial charge in [0.15, 0.2) is 5.82 Å². The highest BCUT2D eigenvalue weighted by Crippen LogP contribution is 2.32. The van der Waals surface area contributed by atoms with E-state index in [4.69, 9.17) is 4.74 Å². The standard InChI is InChI=1S/C16H24N6O/c1-12(2)13-18-19-15-14(17-5-6-22(13)15)21-8-7-20(3)16(10-21)4-9-23-11-16/h5-6,12H,4,7-11H2,1-3H3. The maximum Gasteiger partial charge on any atom is 0.203 e. The lowest BCUT2D eigenvalue weighted by molar-refractivity contribution is 0.0776. The topological polar surface area (TPSA) is 58.8 Å². The molecule has 1 unspecified atom stereocenters. The normalized spacial score (nSPS) is 26.0. The molecule has 0 N–H and O–H groups in total. The minimum atomic E-state index is 0.105. The van der Waals surface area contributed by atoms with Gasteiger partial charge in [-0.2, -0.15) is 0 Å². The van der Waals surface area contributed by atoms with Crippen molar-refractivity contribution < 1.29 is 4.74 Å². The molecule has 0 radical (unpaired) electrons. The first-order chi connectivity index (χ1) is 11.1. The molecule has 0 aromatic carbocycles. The summed E-state index contributed by atoms with van der Waals surface area (Å²) in [6.45, 7) is 8.81. The number of rotatable bonds is 2. The van der Waals surface area contributed by atoms with Gasteiger partial charge in [0.2, 0.25) is 5.65 Å². The highest BCUT2D eigenvalue weighted by Gasteiger charge is 2.43. The number of ether oxygens (including phenoxy) is 1. The first kappa shape index (κ1) is 14.8. The summed E-state index contributed by atoms with van der Waals surface area (Å²) in [5.74, 6) is 2.25. The molecule has 7 nitrogen and oxygen atoms in total. The van der Waals surface area contributed by atoms with Crippen molar-refractivity contribution in [2.45, 2.75) is 31.7 Å². The molecule has 1 atom stereocenters. The lowest BCUT2D eigenvalue weighted by Crippen LogP contribution is -2.61. The van der Waals surface area contributed by atoms with Gasteiger partial charge in [-0.1, -0.05) is 13.8 Å². The lowest BCUT2D eigenvalue weighted by Gasteiger charge is -2.46. The van der Waals surface area contributed by atoms with Crippen LogP contribution in [0.4, 0.5) is 5.82 Å². The Morgan fingerprint density at radius 1 is 1.26 bits per heavy atom. The molecule has 2 saturated heterocycles. The van der Waals surface area contributed by atoms with Crippen molar-refractivity contribution in [3.8, 4) is 0 Å². The zero-order valence-electron chi connectivity index (χ0n) is 14.1. The summed E-state index contributed by atoms with van der Waals surface area (Å²) in [5, 5.41) is 8.78. The van der Waals surface area contributed by atoms with E-state index in [1.54, 1.807) is 0 Å². The van der Waals surface area contributed by atoms with Crippen LogP contribution in [0, 0.1) is 0 Å². The molecule has 0 aliphatic carbocycles. The molecule has 1 spiro atoms.